The Balaban J connectivity index is 3.06. The van der Waals surface area contributed by atoms with Gasteiger partial charge in [0, 0.05) is 6.92 Å². The van der Waals surface area contributed by atoms with Gasteiger partial charge in [0.25, 0.3) is 0 Å². The molecular weight excluding hydrogens is 212 g/mol. The lowest BCUT2D eigenvalue weighted by Crippen LogP contribution is -2.06. The SMILES string of the molecule is CCOc1ccc(OC(C)=O)cc1C(=O)O. The summed E-state index contributed by atoms with van der Waals surface area (Å²) in [7, 11) is 0. The lowest BCUT2D eigenvalue weighted by atomic mass is 10.2. The fourth-order valence-electron chi connectivity index (χ4n) is 1.19. The van der Waals surface area contributed by atoms with Gasteiger partial charge in [0.15, 0.2) is 0 Å². The highest BCUT2D eigenvalue weighted by atomic mass is 16.5. The van der Waals surface area contributed by atoms with Crippen molar-refractivity contribution in [2.75, 3.05) is 6.61 Å². The molecule has 1 aromatic rings. The number of hydrogen-bond donors (Lipinski definition) is 1. The number of esters is 1. The molecule has 0 aromatic heterocycles. The van der Waals surface area contributed by atoms with Crippen LogP contribution in [0.5, 0.6) is 11.5 Å². The molecule has 1 N–H and O–H groups in total. The molecule has 0 radical (unpaired) electrons. The van der Waals surface area contributed by atoms with Gasteiger partial charge in [-0.3, -0.25) is 4.79 Å². The van der Waals surface area contributed by atoms with Gasteiger partial charge in [-0.25, -0.2) is 4.79 Å². The number of rotatable bonds is 4. The zero-order chi connectivity index (χ0) is 12.1. The fraction of sp³-hybridized carbons (Fsp3) is 0.273. The van der Waals surface area contributed by atoms with Gasteiger partial charge in [-0.15, -0.1) is 0 Å². The van der Waals surface area contributed by atoms with Gasteiger partial charge in [0.05, 0.1) is 6.61 Å². The highest BCUT2D eigenvalue weighted by Crippen LogP contribution is 2.24. The number of carbonyl (C=O) groups excluding carboxylic acids is 1. The van der Waals surface area contributed by atoms with E-state index < -0.39 is 11.9 Å². The van der Waals surface area contributed by atoms with Crippen LogP contribution in [0.3, 0.4) is 0 Å². The summed E-state index contributed by atoms with van der Waals surface area (Å²) in [4.78, 5) is 21.6. The molecule has 5 heteroatoms. The third-order valence-corrected chi connectivity index (χ3v) is 1.74. The number of benzene rings is 1. The van der Waals surface area contributed by atoms with Crippen LogP contribution in [-0.4, -0.2) is 23.7 Å². The molecule has 0 bridgehead atoms. The molecule has 5 nitrogen and oxygen atoms in total. The van der Waals surface area contributed by atoms with E-state index in [0.717, 1.165) is 0 Å². The van der Waals surface area contributed by atoms with Crippen LogP contribution in [0.1, 0.15) is 24.2 Å². The van der Waals surface area contributed by atoms with Crippen LogP contribution in [0.25, 0.3) is 0 Å². The molecule has 0 heterocycles. The second kappa shape index (κ2) is 5.16. The highest BCUT2D eigenvalue weighted by Gasteiger charge is 2.13. The third-order valence-electron chi connectivity index (χ3n) is 1.74. The quantitative estimate of drug-likeness (QED) is 0.622. The molecule has 1 aromatic carbocycles. The smallest absolute Gasteiger partial charge is 0.339 e. The van der Waals surface area contributed by atoms with E-state index in [1.54, 1.807) is 6.92 Å². The van der Waals surface area contributed by atoms with Crippen LogP contribution in [0.2, 0.25) is 0 Å². The maximum Gasteiger partial charge on any atom is 0.339 e. The zero-order valence-corrected chi connectivity index (χ0v) is 9.02. The van der Waals surface area contributed by atoms with Crippen LogP contribution in [0, 0.1) is 0 Å². The number of hydrogen-bond acceptors (Lipinski definition) is 4. The molecule has 0 saturated carbocycles. The summed E-state index contributed by atoms with van der Waals surface area (Å²) >= 11 is 0. The van der Waals surface area contributed by atoms with Crippen LogP contribution in [-0.2, 0) is 4.79 Å². The van der Waals surface area contributed by atoms with Crippen LogP contribution < -0.4 is 9.47 Å². The van der Waals surface area contributed by atoms with Crippen molar-refractivity contribution in [1.29, 1.82) is 0 Å². The molecule has 86 valence electrons. The van der Waals surface area contributed by atoms with E-state index in [4.69, 9.17) is 14.6 Å². The lowest BCUT2D eigenvalue weighted by Gasteiger charge is -2.08. The number of aromatic carboxylic acids is 1. The molecule has 0 spiro atoms. The lowest BCUT2D eigenvalue weighted by molar-refractivity contribution is -0.131. The molecule has 0 saturated heterocycles. The van der Waals surface area contributed by atoms with E-state index in [1.165, 1.54) is 25.1 Å². The predicted molar refractivity (Wildman–Crippen MR) is 55.9 cm³/mol. The molecule has 0 atom stereocenters. The molecule has 0 aliphatic rings. The summed E-state index contributed by atoms with van der Waals surface area (Å²) in [6.45, 7) is 3.37. The maximum atomic E-state index is 10.9. The standard InChI is InChI=1S/C11H12O5/c1-3-15-10-5-4-8(16-7(2)12)6-9(10)11(13)14/h4-6H,3H2,1-2H3,(H,13,14). The third kappa shape index (κ3) is 2.98. The Morgan fingerprint density at radius 3 is 2.56 bits per heavy atom. The Bertz CT molecular complexity index is 411. The monoisotopic (exact) mass is 224 g/mol. The summed E-state index contributed by atoms with van der Waals surface area (Å²) in [5, 5.41) is 8.93. The van der Waals surface area contributed by atoms with Crippen molar-refractivity contribution in [3.8, 4) is 11.5 Å². The van der Waals surface area contributed by atoms with Crippen molar-refractivity contribution >= 4 is 11.9 Å². The molecular formula is C11H12O5. The maximum absolute atomic E-state index is 10.9. The number of ether oxygens (including phenoxy) is 2. The van der Waals surface area contributed by atoms with Crippen molar-refractivity contribution in [3.63, 3.8) is 0 Å². The second-order valence-corrected chi connectivity index (χ2v) is 2.99. The first-order chi connectivity index (χ1) is 7.54. The van der Waals surface area contributed by atoms with Crippen molar-refractivity contribution in [1.82, 2.24) is 0 Å². The topological polar surface area (TPSA) is 72.8 Å². The van der Waals surface area contributed by atoms with E-state index in [2.05, 4.69) is 0 Å². The van der Waals surface area contributed by atoms with E-state index >= 15 is 0 Å². The van der Waals surface area contributed by atoms with Gasteiger partial charge in [0.1, 0.15) is 17.1 Å². The van der Waals surface area contributed by atoms with Gasteiger partial charge >= 0.3 is 11.9 Å². The Labute approximate surface area is 92.6 Å². The fourth-order valence-corrected chi connectivity index (χ4v) is 1.19. The van der Waals surface area contributed by atoms with E-state index in [-0.39, 0.29) is 17.1 Å². The summed E-state index contributed by atoms with van der Waals surface area (Å²) < 4.78 is 9.92. The molecule has 0 fully saturated rings. The van der Waals surface area contributed by atoms with E-state index in [0.29, 0.717) is 6.61 Å². The Morgan fingerprint density at radius 2 is 2.06 bits per heavy atom. The van der Waals surface area contributed by atoms with Crippen molar-refractivity contribution in [3.05, 3.63) is 23.8 Å². The van der Waals surface area contributed by atoms with Crippen molar-refractivity contribution in [2.24, 2.45) is 0 Å². The van der Waals surface area contributed by atoms with Gasteiger partial charge in [0.2, 0.25) is 0 Å². The predicted octanol–water partition coefficient (Wildman–Crippen LogP) is 1.71. The normalized spacial score (nSPS) is 9.62. The largest absolute Gasteiger partial charge is 0.493 e. The molecule has 0 aliphatic carbocycles. The average molecular weight is 224 g/mol. The van der Waals surface area contributed by atoms with Gasteiger partial charge in [-0.2, -0.15) is 0 Å². The Kier molecular flexibility index (Phi) is 3.88. The molecule has 1 rings (SSSR count). The minimum Gasteiger partial charge on any atom is -0.493 e. The average Bonchev–Trinajstić information content (AvgIpc) is 2.19. The van der Waals surface area contributed by atoms with Crippen molar-refractivity contribution < 1.29 is 24.2 Å². The Morgan fingerprint density at radius 1 is 1.38 bits per heavy atom. The number of carboxylic acid groups (broad SMARTS) is 1. The van der Waals surface area contributed by atoms with E-state index in [9.17, 15) is 9.59 Å². The summed E-state index contributed by atoms with van der Waals surface area (Å²) in [6.07, 6.45) is 0. The van der Waals surface area contributed by atoms with Crippen LogP contribution in [0.4, 0.5) is 0 Å². The summed E-state index contributed by atoms with van der Waals surface area (Å²) in [5.74, 6) is -1.18. The first-order valence-corrected chi connectivity index (χ1v) is 4.73. The highest BCUT2D eigenvalue weighted by molar-refractivity contribution is 5.91. The number of carboxylic acids is 1. The Hall–Kier alpha value is -2.04. The van der Waals surface area contributed by atoms with Crippen molar-refractivity contribution in [2.45, 2.75) is 13.8 Å². The first kappa shape index (κ1) is 12.0. The first-order valence-electron chi connectivity index (χ1n) is 4.73. The minimum absolute atomic E-state index is 0.0272. The molecule has 0 amide bonds. The van der Waals surface area contributed by atoms with Gasteiger partial charge in [-0.05, 0) is 25.1 Å². The summed E-state index contributed by atoms with van der Waals surface area (Å²) in [5.41, 5.74) is -0.0272. The molecule has 0 aliphatic heterocycles. The van der Waals surface area contributed by atoms with Gasteiger partial charge in [-0.1, -0.05) is 0 Å². The van der Waals surface area contributed by atoms with Crippen LogP contribution in [0.15, 0.2) is 18.2 Å². The summed E-state index contributed by atoms with van der Waals surface area (Å²) in [6, 6.07) is 4.21. The zero-order valence-electron chi connectivity index (χ0n) is 9.02. The van der Waals surface area contributed by atoms with Gasteiger partial charge < -0.3 is 14.6 Å². The minimum atomic E-state index is -1.13. The molecule has 0 unspecified atom stereocenters. The molecule has 16 heavy (non-hydrogen) atoms. The second-order valence-electron chi connectivity index (χ2n) is 2.99. The van der Waals surface area contributed by atoms with E-state index in [1.807, 2.05) is 0 Å². The van der Waals surface area contributed by atoms with Crippen LogP contribution >= 0.6 is 0 Å². The number of carbonyl (C=O) groups is 2.